The molecule has 0 radical (unpaired) electrons. The SMILES string of the molecule is S=C(NCC1COc2ccccc2C1)Nc1cccc(Cl)c1. The summed E-state index contributed by atoms with van der Waals surface area (Å²) in [5.41, 5.74) is 2.14. The van der Waals surface area contributed by atoms with E-state index in [2.05, 4.69) is 16.7 Å². The number of thiocarbonyl (C=S) groups is 1. The van der Waals surface area contributed by atoms with Crippen molar-refractivity contribution in [2.45, 2.75) is 6.42 Å². The molecule has 0 amide bonds. The highest BCUT2D eigenvalue weighted by atomic mass is 35.5. The van der Waals surface area contributed by atoms with E-state index in [1.165, 1.54) is 5.56 Å². The molecule has 0 bridgehead atoms. The van der Waals surface area contributed by atoms with E-state index in [9.17, 15) is 0 Å². The molecule has 0 aliphatic carbocycles. The molecule has 2 N–H and O–H groups in total. The van der Waals surface area contributed by atoms with Crippen LogP contribution in [0.1, 0.15) is 5.56 Å². The summed E-state index contributed by atoms with van der Waals surface area (Å²) in [5.74, 6) is 1.41. The first-order valence-electron chi connectivity index (χ1n) is 7.22. The van der Waals surface area contributed by atoms with Gasteiger partial charge in [0.15, 0.2) is 5.11 Å². The van der Waals surface area contributed by atoms with E-state index in [1.54, 1.807) is 0 Å². The van der Waals surface area contributed by atoms with Gasteiger partial charge in [0, 0.05) is 23.2 Å². The molecule has 22 heavy (non-hydrogen) atoms. The van der Waals surface area contributed by atoms with Crippen LogP contribution in [-0.4, -0.2) is 18.3 Å². The van der Waals surface area contributed by atoms with Crippen LogP contribution in [0, 0.1) is 5.92 Å². The van der Waals surface area contributed by atoms with Gasteiger partial charge < -0.3 is 15.4 Å². The second-order valence-electron chi connectivity index (χ2n) is 5.33. The normalized spacial score (nSPS) is 16.3. The molecule has 1 heterocycles. The summed E-state index contributed by atoms with van der Waals surface area (Å²) in [6, 6.07) is 15.7. The fourth-order valence-corrected chi connectivity index (χ4v) is 2.89. The molecular weight excluding hydrogens is 316 g/mol. The third kappa shape index (κ3) is 3.90. The summed E-state index contributed by atoms with van der Waals surface area (Å²) >= 11 is 11.3. The van der Waals surface area contributed by atoms with Gasteiger partial charge in [0.2, 0.25) is 0 Å². The van der Waals surface area contributed by atoms with Crippen molar-refractivity contribution >= 4 is 34.6 Å². The van der Waals surface area contributed by atoms with Crippen molar-refractivity contribution in [3.05, 3.63) is 59.1 Å². The van der Waals surface area contributed by atoms with Crippen LogP contribution in [-0.2, 0) is 6.42 Å². The zero-order valence-corrected chi connectivity index (χ0v) is 13.6. The van der Waals surface area contributed by atoms with Crippen LogP contribution in [0.5, 0.6) is 5.75 Å². The van der Waals surface area contributed by atoms with Crippen LogP contribution in [0.2, 0.25) is 5.02 Å². The van der Waals surface area contributed by atoms with Gasteiger partial charge in [-0.2, -0.15) is 0 Å². The summed E-state index contributed by atoms with van der Waals surface area (Å²) in [4.78, 5) is 0. The van der Waals surface area contributed by atoms with Crippen molar-refractivity contribution < 1.29 is 4.74 Å². The van der Waals surface area contributed by atoms with Gasteiger partial charge in [0.05, 0.1) is 6.61 Å². The minimum absolute atomic E-state index is 0.411. The highest BCUT2D eigenvalue weighted by molar-refractivity contribution is 7.80. The first kappa shape index (κ1) is 15.1. The number of fused-ring (bicyclic) bond motifs is 1. The Labute approximate surface area is 140 Å². The summed E-state index contributed by atoms with van der Waals surface area (Å²) in [6.45, 7) is 1.49. The number of rotatable bonds is 3. The van der Waals surface area contributed by atoms with Gasteiger partial charge in [-0.1, -0.05) is 35.9 Å². The Morgan fingerprint density at radius 3 is 2.95 bits per heavy atom. The lowest BCUT2D eigenvalue weighted by Crippen LogP contribution is -2.36. The van der Waals surface area contributed by atoms with Gasteiger partial charge in [0.1, 0.15) is 5.75 Å². The maximum absolute atomic E-state index is 5.95. The van der Waals surface area contributed by atoms with Crippen LogP contribution in [0.3, 0.4) is 0 Å². The van der Waals surface area contributed by atoms with E-state index in [1.807, 2.05) is 42.5 Å². The Morgan fingerprint density at radius 1 is 1.23 bits per heavy atom. The predicted octanol–water partition coefficient (Wildman–Crippen LogP) is 3.88. The third-order valence-electron chi connectivity index (χ3n) is 3.59. The lowest BCUT2D eigenvalue weighted by molar-refractivity contribution is 0.223. The Hall–Kier alpha value is -1.78. The van der Waals surface area contributed by atoms with Gasteiger partial charge >= 0.3 is 0 Å². The topological polar surface area (TPSA) is 33.3 Å². The van der Waals surface area contributed by atoms with Gasteiger partial charge in [0.25, 0.3) is 0 Å². The molecule has 2 aromatic carbocycles. The molecule has 1 atom stereocenters. The summed E-state index contributed by atoms with van der Waals surface area (Å²) in [7, 11) is 0. The summed E-state index contributed by atoms with van der Waals surface area (Å²) < 4.78 is 5.78. The number of hydrogen-bond donors (Lipinski definition) is 2. The smallest absolute Gasteiger partial charge is 0.170 e. The molecule has 0 spiro atoms. The van der Waals surface area contributed by atoms with Crippen molar-refractivity contribution in [1.29, 1.82) is 0 Å². The lowest BCUT2D eigenvalue weighted by atomic mass is 9.97. The van der Waals surface area contributed by atoms with Gasteiger partial charge in [-0.3, -0.25) is 0 Å². The molecule has 3 rings (SSSR count). The number of para-hydroxylation sites is 1. The van der Waals surface area contributed by atoms with Crippen molar-refractivity contribution in [1.82, 2.24) is 5.32 Å². The first-order valence-corrected chi connectivity index (χ1v) is 8.00. The largest absolute Gasteiger partial charge is 0.493 e. The molecule has 1 unspecified atom stereocenters. The second-order valence-corrected chi connectivity index (χ2v) is 6.18. The fraction of sp³-hybridized carbons (Fsp3) is 0.235. The van der Waals surface area contributed by atoms with E-state index in [4.69, 9.17) is 28.6 Å². The van der Waals surface area contributed by atoms with Crippen molar-refractivity contribution in [3.63, 3.8) is 0 Å². The predicted molar refractivity (Wildman–Crippen MR) is 94.8 cm³/mol. The summed E-state index contributed by atoms with van der Waals surface area (Å²) in [5, 5.41) is 7.67. The number of anilines is 1. The zero-order valence-electron chi connectivity index (χ0n) is 12.0. The number of halogens is 1. The average Bonchev–Trinajstić information content (AvgIpc) is 2.53. The van der Waals surface area contributed by atoms with E-state index >= 15 is 0 Å². The molecule has 114 valence electrons. The molecule has 0 saturated carbocycles. The first-order chi connectivity index (χ1) is 10.7. The molecule has 0 saturated heterocycles. The Bertz CT molecular complexity index is 677. The highest BCUT2D eigenvalue weighted by Crippen LogP contribution is 2.26. The molecule has 2 aromatic rings. The highest BCUT2D eigenvalue weighted by Gasteiger charge is 2.19. The maximum Gasteiger partial charge on any atom is 0.170 e. The van der Waals surface area contributed by atoms with Gasteiger partial charge in [-0.25, -0.2) is 0 Å². The quantitative estimate of drug-likeness (QED) is 0.836. The Kier molecular flexibility index (Phi) is 4.80. The minimum atomic E-state index is 0.411. The number of benzene rings is 2. The molecular formula is C17H17ClN2OS. The van der Waals surface area contributed by atoms with Crippen molar-refractivity contribution in [3.8, 4) is 5.75 Å². The van der Waals surface area contributed by atoms with Crippen LogP contribution < -0.4 is 15.4 Å². The monoisotopic (exact) mass is 332 g/mol. The third-order valence-corrected chi connectivity index (χ3v) is 4.07. The van der Waals surface area contributed by atoms with E-state index < -0.39 is 0 Å². The van der Waals surface area contributed by atoms with Crippen LogP contribution >= 0.6 is 23.8 Å². The molecule has 0 fully saturated rings. The molecule has 1 aliphatic heterocycles. The van der Waals surface area contributed by atoms with E-state index in [-0.39, 0.29) is 0 Å². The van der Waals surface area contributed by atoms with Crippen molar-refractivity contribution in [2.24, 2.45) is 5.92 Å². The van der Waals surface area contributed by atoms with Crippen LogP contribution in [0.15, 0.2) is 48.5 Å². The average molecular weight is 333 g/mol. The minimum Gasteiger partial charge on any atom is -0.493 e. The number of ether oxygens (including phenoxy) is 1. The Morgan fingerprint density at radius 2 is 2.09 bits per heavy atom. The molecule has 1 aliphatic rings. The Balaban J connectivity index is 1.50. The number of nitrogens with one attached hydrogen (secondary N) is 2. The van der Waals surface area contributed by atoms with Crippen molar-refractivity contribution in [2.75, 3.05) is 18.5 Å². The molecule has 5 heteroatoms. The standard InChI is InChI=1S/C17H17ClN2OS/c18-14-5-3-6-15(9-14)20-17(22)19-10-12-8-13-4-1-2-7-16(13)21-11-12/h1-7,9,12H,8,10-11H2,(H2,19,20,22). The van der Waals surface area contributed by atoms with Gasteiger partial charge in [-0.15, -0.1) is 0 Å². The van der Waals surface area contributed by atoms with Crippen LogP contribution in [0.4, 0.5) is 5.69 Å². The number of hydrogen-bond acceptors (Lipinski definition) is 2. The fourth-order valence-electron chi connectivity index (χ4n) is 2.50. The second kappa shape index (κ2) is 6.99. The maximum atomic E-state index is 5.95. The zero-order chi connectivity index (χ0) is 15.4. The van der Waals surface area contributed by atoms with E-state index in [0.717, 1.165) is 24.4 Å². The molecule has 0 aromatic heterocycles. The molecule has 3 nitrogen and oxygen atoms in total. The lowest BCUT2D eigenvalue weighted by Gasteiger charge is -2.25. The van der Waals surface area contributed by atoms with Gasteiger partial charge in [-0.05, 0) is 48.5 Å². The van der Waals surface area contributed by atoms with E-state index in [0.29, 0.717) is 22.7 Å². The van der Waals surface area contributed by atoms with Crippen LogP contribution in [0.25, 0.3) is 0 Å². The summed E-state index contributed by atoms with van der Waals surface area (Å²) in [6.07, 6.45) is 1.00.